The third-order valence-electron chi connectivity index (χ3n) is 3.87. The molecule has 0 aliphatic carbocycles. The molecule has 5 heteroatoms. The molecular formula is C20H20N2O2S. The van der Waals surface area contributed by atoms with Crippen molar-refractivity contribution < 1.29 is 9.53 Å². The molecule has 2 aromatic carbocycles. The van der Waals surface area contributed by atoms with E-state index in [0.717, 1.165) is 21.8 Å². The van der Waals surface area contributed by atoms with Crippen molar-refractivity contribution in [2.45, 2.75) is 12.6 Å². The van der Waals surface area contributed by atoms with Gasteiger partial charge < -0.3 is 15.4 Å². The number of carbonyl (C=O) groups excluding carboxylic acids is 1. The quantitative estimate of drug-likeness (QED) is 0.693. The van der Waals surface area contributed by atoms with Crippen molar-refractivity contribution in [3.05, 3.63) is 88.1 Å². The SMILES string of the molecule is COc1ccccc1CNC(=O)N[C@H](c1ccccc1)c1cccs1. The minimum absolute atomic E-state index is 0.168. The molecule has 3 rings (SSSR count). The Morgan fingerprint density at radius 1 is 1.04 bits per heavy atom. The van der Waals surface area contributed by atoms with Crippen LogP contribution in [0, 0.1) is 0 Å². The first-order valence-electron chi connectivity index (χ1n) is 8.02. The van der Waals surface area contributed by atoms with E-state index in [1.165, 1.54) is 0 Å². The number of rotatable bonds is 6. The lowest BCUT2D eigenvalue weighted by atomic mass is 10.1. The molecule has 0 aliphatic heterocycles. The van der Waals surface area contributed by atoms with E-state index in [1.54, 1.807) is 18.4 Å². The Balaban J connectivity index is 1.69. The number of ether oxygens (including phenoxy) is 1. The van der Waals surface area contributed by atoms with Gasteiger partial charge in [0.2, 0.25) is 0 Å². The van der Waals surface area contributed by atoms with Gasteiger partial charge in [0.15, 0.2) is 0 Å². The maximum atomic E-state index is 12.4. The molecule has 0 saturated heterocycles. The summed E-state index contributed by atoms with van der Waals surface area (Å²) in [5.41, 5.74) is 1.99. The zero-order valence-corrected chi connectivity index (χ0v) is 14.8. The molecule has 4 nitrogen and oxygen atoms in total. The Labute approximate surface area is 151 Å². The minimum Gasteiger partial charge on any atom is -0.496 e. The van der Waals surface area contributed by atoms with Crippen LogP contribution in [0.1, 0.15) is 22.0 Å². The van der Waals surface area contributed by atoms with Crippen LogP contribution in [0.25, 0.3) is 0 Å². The van der Waals surface area contributed by atoms with Gasteiger partial charge in [0.25, 0.3) is 0 Å². The Morgan fingerprint density at radius 2 is 1.80 bits per heavy atom. The molecule has 25 heavy (non-hydrogen) atoms. The van der Waals surface area contributed by atoms with Crippen molar-refractivity contribution in [3.63, 3.8) is 0 Å². The summed E-state index contributed by atoms with van der Waals surface area (Å²) in [6.07, 6.45) is 0. The topological polar surface area (TPSA) is 50.4 Å². The summed E-state index contributed by atoms with van der Waals surface area (Å²) in [5.74, 6) is 0.765. The molecule has 3 aromatic rings. The summed E-state index contributed by atoms with van der Waals surface area (Å²) < 4.78 is 5.32. The summed E-state index contributed by atoms with van der Waals surface area (Å²) in [5, 5.41) is 7.99. The maximum Gasteiger partial charge on any atom is 0.315 e. The summed E-state index contributed by atoms with van der Waals surface area (Å²) >= 11 is 1.63. The van der Waals surface area contributed by atoms with E-state index in [0.29, 0.717) is 6.54 Å². The molecule has 2 N–H and O–H groups in total. The minimum atomic E-state index is -0.215. The average Bonchev–Trinajstić information content (AvgIpc) is 3.20. The Kier molecular flexibility index (Phi) is 5.69. The fraction of sp³-hybridized carbons (Fsp3) is 0.150. The number of methoxy groups -OCH3 is 1. The van der Waals surface area contributed by atoms with Crippen LogP contribution in [0.5, 0.6) is 5.75 Å². The van der Waals surface area contributed by atoms with Crippen LogP contribution >= 0.6 is 11.3 Å². The number of benzene rings is 2. The van der Waals surface area contributed by atoms with Crippen molar-refractivity contribution in [1.82, 2.24) is 10.6 Å². The Morgan fingerprint density at radius 3 is 2.52 bits per heavy atom. The molecule has 0 radical (unpaired) electrons. The highest BCUT2D eigenvalue weighted by atomic mass is 32.1. The molecule has 1 aromatic heterocycles. The number of hydrogen-bond acceptors (Lipinski definition) is 3. The lowest BCUT2D eigenvalue weighted by Crippen LogP contribution is -2.37. The van der Waals surface area contributed by atoms with Crippen molar-refractivity contribution in [2.75, 3.05) is 7.11 Å². The molecular weight excluding hydrogens is 332 g/mol. The molecule has 0 fully saturated rings. The molecule has 128 valence electrons. The molecule has 0 unspecified atom stereocenters. The van der Waals surface area contributed by atoms with E-state index < -0.39 is 0 Å². The molecule has 1 atom stereocenters. The zero-order chi connectivity index (χ0) is 17.5. The third-order valence-corrected chi connectivity index (χ3v) is 4.81. The summed E-state index contributed by atoms with van der Waals surface area (Å²) in [6, 6.07) is 21.3. The van der Waals surface area contributed by atoms with Gasteiger partial charge in [-0.1, -0.05) is 54.6 Å². The van der Waals surface area contributed by atoms with Crippen LogP contribution in [-0.4, -0.2) is 13.1 Å². The number of hydrogen-bond donors (Lipinski definition) is 2. The van der Waals surface area contributed by atoms with Crippen molar-refractivity contribution in [2.24, 2.45) is 0 Å². The van der Waals surface area contributed by atoms with Gasteiger partial charge in [-0.05, 0) is 23.1 Å². The molecule has 0 bridgehead atoms. The van der Waals surface area contributed by atoms with Gasteiger partial charge in [-0.2, -0.15) is 0 Å². The third kappa shape index (κ3) is 4.39. The average molecular weight is 352 g/mol. The molecule has 1 heterocycles. The van der Waals surface area contributed by atoms with Crippen molar-refractivity contribution in [3.8, 4) is 5.75 Å². The van der Waals surface area contributed by atoms with E-state index in [1.807, 2.05) is 72.1 Å². The second-order valence-corrected chi connectivity index (χ2v) is 6.48. The predicted molar refractivity (Wildman–Crippen MR) is 101 cm³/mol. The maximum absolute atomic E-state index is 12.4. The van der Waals surface area contributed by atoms with Gasteiger partial charge in [0, 0.05) is 17.0 Å². The standard InChI is InChI=1S/C20H20N2O2S/c1-24-17-11-6-5-10-16(17)14-21-20(23)22-19(18-12-7-13-25-18)15-8-3-2-4-9-15/h2-13,19H,14H2,1H3,(H2,21,22,23)/t19-/m1/s1. The van der Waals surface area contributed by atoms with Gasteiger partial charge in [0.1, 0.15) is 5.75 Å². The van der Waals surface area contributed by atoms with Crippen LogP contribution in [0.3, 0.4) is 0 Å². The van der Waals surface area contributed by atoms with Gasteiger partial charge in [-0.3, -0.25) is 0 Å². The Bertz CT molecular complexity index is 804. The van der Waals surface area contributed by atoms with E-state index >= 15 is 0 Å². The number of amides is 2. The highest BCUT2D eigenvalue weighted by Gasteiger charge is 2.17. The monoisotopic (exact) mass is 352 g/mol. The van der Waals surface area contributed by atoms with Crippen LogP contribution < -0.4 is 15.4 Å². The number of nitrogens with one attached hydrogen (secondary N) is 2. The number of thiophene rings is 1. The van der Waals surface area contributed by atoms with Crippen LogP contribution in [-0.2, 0) is 6.54 Å². The summed E-state index contributed by atoms with van der Waals surface area (Å²) in [4.78, 5) is 13.5. The second kappa shape index (κ2) is 8.35. The summed E-state index contributed by atoms with van der Waals surface area (Å²) in [6.45, 7) is 0.405. The number of carbonyl (C=O) groups is 1. The predicted octanol–water partition coefficient (Wildman–Crippen LogP) is 4.35. The lowest BCUT2D eigenvalue weighted by Gasteiger charge is -2.19. The van der Waals surface area contributed by atoms with E-state index in [2.05, 4.69) is 10.6 Å². The zero-order valence-electron chi connectivity index (χ0n) is 13.9. The largest absolute Gasteiger partial charge is 0.496 e. The van der Waals surface area contributed by atoms with Crippen LogP contribution in [0.4, 0.5) is 4.79 Å². The molecule has 0 aliphatic rings. The first-order valence-corrected chi connectivity index (χ1v) is 8.90. The Hall–Kier alpha value is -2.79. The fourth-order valence-corrected chi connectivity index (χ4v) is 3.43. The smallest absolute Gasteiger partial charge is 0.315 e. The molecule has 2 amide bonds. The van der Waals surface area contributed by atoms with E-state index in [9.17, 15) is 4.79 Å². The highest BCUT2D eigenvalue weighted by Crippen LogP contribution is 2.25. The van der Waals surface area contributed by atoms with Crippen LogP contribution in [0.15, 0.2) is 72.1 Å². The second-order valence-electron chi connectivity index (χ2n) is 5.50. The summed E-state index contributed by atoms with van der Waals surface area (Å²) in [7, 11) is 1.63. The van der Waals surface area contributed by atoms with Crippen molar-refractivity contribution >= 4 is 17.4 Å². The first-order chi connectivity index (χ1) is 12.3. The number of urea groups is 1. The van der Waals surface area contributed by atoms with Gasteiger partial charge in [-0.15, -0.1) is 11.3 Å². The highest BCUT2D eigenvalue weighted by molar-refractivity contribution is 7.10. The first kappa shape index (κ1) is 17.0. The van der Waals surface area contributed by atoms with Crippen LogP contribution in [0.2, 0.25) is 0 Å². The van der Waals surface area contributed by atoms with Gasteiger partial charge in [-0.25, -0.2) is 4.79 Å². The van der Waals surface area contributed by atoms with Gasteiger partial charge >= 0.3 is 6.03 Å². The van der Waals surface area contributed by atoms with E-state index in [-0.39, 0.29) is 12.1 Å². The fourth-order valence-electron chi connectivity index (χ4n) is 2.63. The molecule has 0 spiro atoms. The molecule has 0 saturated carbocycles. The lowest BCUT2D eigenvalue weighted by molar-refractivity contribution is 0.238. The van der Waals surface area contributed by atoms with Gasteiger partial charge in [0.05, 0.1) is 13.2 Å². The van der Waals surface area contributed by atoms with E-state index in [4.69, 9.17) is 4.74 Å². The van der Waals surface area contributed by atoms with Crippen molar-refractivity contribution in [1.29, 1.82) is 0 Å². The number of para-hydroxylation sites is 1. The normalized spacial score (nSPS) is 11.6.